The van der Waals surface area contributed by atoms with E-state index in [1.807, 2.05) is 6.07 Å². The molecule has 0 atom stereocenters. The molecule has 0 aliphatic heterocycles. The standard InChI is InChI=1S/C13H17N5O2S/c1-4-9-5-6-10(21-9)7-15-12-11(18(19)20)8(2)16-13(14-3)17-12/h5-6H,4,7H2,1-3H3,(H2,14,15,16,17). The molecule has 0 radical (unpaired) electrons. The summed E-state index contributed by atoms with van der Waals surface area (Å²) >= 11 is 1.69. The molecule has 2 aromatic rings. The van der Waals surface area contributed by atoms with Crippen LogP contribution in [-0.4, -0.2) is 21.9 Å². The lowest BCUT2D eigenvalue weighted by Gasteiger charge is -2.08. The molecule has 0 amide bonds. The van der Waals surface area contributed by atoms with Gasteiger partial charge >= 0.3 is 5.69 Å². The number of thiophene rings is 1. The summed E-state index contributed by atoms with van der Waals surface area (Å²) in [5, 5.41) is 17.0. The average Bonchev–Trinajstić information content (AvgIpc) is 2.91. The van der Waals surface area contributed by atoms with Crippen LogP contribution < -0.4 is 10.6 Å². The van der Waals surface area contributed by atoms with Gasteiger partial charge in [0.2, 0.25) is 11.8 Å². The molecular weight excluding hydrogens is 290 g/mol. The SMILES string of the molecule is CCc1ccc(CNc2nc(NC)nc(C)c2[N+](=O)[O-])s1. The number of anilines is 2. The van der Waals surface area contributed by atoms with E-state index in [-0.39, 0.29) is 11.5 Å². The lowest BCUT2D eigenvalue weighted by Crippen LogP contribution is -2.09. The van der Waals surface area contributed by atoms with Crippen LogP contribution in [0, 0.1) is 17.0 Å². The first kappa shape index (κ1) is 15.2. The molecule has 0 spiro atoms. The molecule has 7 nitrogen and oxygen atoms in total. The Labute approximate surface area is 126 Å². The summed E-state index contributed by atoms with van der Waals surface area (Å²) < 4.78 is 0. The maximum absolute atomic E-state index is 11.2. The van der Waals surface area contributed by atoms with Crippen molar-refractivity contribution in [2.24, 2.45) is 0 Å². The van der Waals surface area contributed by atoms with Crippen molar-refractivity contribution < 1.29 is 4.92 Å². The van der Waals surface area contributed by atoms with Crippen LogP contribution in [-0.2, 0) is 13.0 Å². The number of nitro groups is 1. The van der Waals surface area contributed by atoms with Gasteiger partial charge in [0.05, 0.1) is 11.5 Å². The first-order valence-electron chi connectivity index (χ1n) is 6.57. The summed E-state index contributed by atoms with van der Waals surface area (Å²) in [6.07, 6.45) is 0.987. The molecule has 0 aliphatic carbocycles. The second-order valence-corrected chi connectivity index (χ2v) is 5.66. The van der Waals surface area contributed by atoms with E-state index in [9.17, 15) is 10.1 Å². The third-order valence-corrected chi connectivity index (χ3v) is 4.19. The lowest BCUT2D eigenvalue weighted by atomic mass is 10.3. The summed E-state index contributed by atoms with van der Waals surface area (Å²) in [7, 11) is 1.68. The van der Waals surface area contributed by atoms with E-state index in [4.69, 9.17) is 0 Å². The fraction of sp³-hybridized carbons (Fsp3) is 0.385. The molecular formula is C13H17N5O2S. The van der Waals surface area contributed by atoms with E-state index in [0.717, 1.165) is 11.3 Å². The van der Waals surface area contributed by atoms with E-state index >= 15 is 0 Å². The van der Waals surface area contributed by atoms with E-state index in [0.29, 0.717) is 18.2 Å². The number of rotatable bonds is 6. The van der Waals surface area contributed by atoms with Crippen LogP contribution in [0.15, 0.2) is 12.1 Å². The Morgan fingerprint density at radius 1 is 1.33 bits per heavy atom. The third kappa shape index (κ3) is 3.46. The van der Waals surface area contributed by atoms with Crippen molar-refractivity contribution in [2.45, 2.75) is 26.8 Å². The Bertz CT molecular complexity index is 656. The smallest absolute Gasteiger partial charge is 0.332 e. The minimum Gasteiger partial charge on any atom is -0.359 e. The van der Waals surface area contributed by atoms with Crippen molar-refractivity contribution in [3.63, 3.8) is 0 Å². The van der Waals surface area contributed by atoms with Crippen molar-refractivity contribution in [1.82, 2.24) is 9.97 Å². The molecule has 2 N–H and O–H groups in total. The van der Waals surface area contributed by atoms with Crippen LogP contribution in [0.5, 0.6) is 0 Å². The van der Waals surface area contributed by atoms with Crippen molar-refractivity contribution in [1.29, 1.82) is 0 Å². The van der Waals surface area contributed by atoms with Gasteiger partial charge in [0.15, 0.2) is 0 Å². The highest BCUT2D eigenvalue weighted by Crippen LogP contribution is 2.27. The first-order valence-corrected chi connectivity index (χ1v) is 7.39. The summed E-state index contributed by atoms with van der Waals surface area (Å²) in [4.78, 5) is 21.3. The van der Waals surface area contributed by atoms with Crippen LogP contribution in [0.3, 0.4) is 0 Å². The van der Waals surface area contributed by atoms with Gasteiger partial charge in [-0.15, -0.1) is 11.3 Å². The van der Waals surface area contributed by atoms with Crippen molar-refractivity contribution >= 4 is 28.8 Å². The molecule has 0 saturated carbocycles. The molecule has 0 aromatic carbocycles. The predicted molar refractivity (Wildman–Crippen MR) is 84.0 cm³/mol. The van der Waals surface area contributed by atoms with Gasteiger partial charge in [-0.25, -0.2) is 4.98 Å². The summed E-state index contributed by atoms with van der Waals surface area (Å²) in [6, 6.07) is 4.09. The highest BCUT2D eigenvalue weighted by atomic mass is 32.1. The fourth-order valence-electron chi connectivity index (χ4n) is 1.90. The maximum Gasteiger partial charge on any atom is 0.332 e. The van der Waals surface area contributed by atoms with Gasteiger partial charge in [-0.1, -0.05) is 6.92 Å². The topological polar surface area (TPSA) is 93.0 Å². The van der Waals surface area contributed by atoms with Gasteiger partial charge in [-0.05, 0) is 25.5 Å². The van der Waals surface area contributed by atoms with E-state index in [1.54, 1.807) is 25.3 Å². The molecule has 0 bridgehead atoms. The largest absolute Gasteiger partial charge is 0.359 e. The number of aromatic nitrogens is 2. The Hall–Kier alpha value is -2.22. The average molecular weight is 307 g/mol. The van der Waals surface area contributed by atoms with Gasteiger partial charge in [-0.2, -0.15) is 4.98 Å². The maximum atomic E-state index is 11.2. The van der Waals surface area contributed by atoms with Crippen LogP contribution in [0.4, 0.5) is 17.5 Å². The summed E-state index contributed by atoms with van der Waals surface area (Å²) in [6.45, 7) is 4.21. The Morgan fingerprint density at radius 2 is 2.05 bits per heavy atom. The minimum absolute atomic E-state index is 0.0822. The monoisotopic (exact) mass is 307 g/mol. The number of nitrogens with one attached hydrogen (secondary N) is 2. The van der Waals surface area contributed by atoms with Crippen molar-refractivity contribution in [3.05, 3.63) is 37.7 Å². The van der Waals surface area contributed by atoms with Crippen molar-refractivity contribution in [2.75, 3.05) is 17.7 Å². The van der Waals surface area contributed by atoms with Crippen LogP contribution >= 0.6 is 11.3 Å². The number of nitrogens with zero attached hydrogens (tertiary/aromatic N) is 3. The van der Waals surface area contributed by atoms with Gasteiger partial charge in [-0.3, -0.25) is 10.1 Å². The zero-order valence-electron chi connectivity index (χ0n) is 12.1. The van der Waals surface area contributed by atoms with Crippen LogP contribution in [0.25, 0.3) is 0 Å². The van der Waals surface area contributed by atoms with Gasteiger partial charge in [0.1, 0.15) is 5.69 Å². The zero-order chi connectivity index (χ0) is 15.4. The highest BCUT2D eigenvalue weighted by molar-refractivity contribution is 7.12. The Kier molecular flexibility index (Phi) is 4.69. The van der Waals surface area contributed by atoms with Gasteiger partial charge in [0.25, 0.3) is 0 Å². The molecule has 0 fully saturated rings. The highest BCUT2D eigenvalue weighted by Gasteiger charge is 2.21. The van der Waals surface area contributed by atoms with Crippen LogP contribution in [0.1, 0.15) is 22.4 Å². The minimum atomic E-state index is -0.455. The molecule has 2 heterocycles. The normalized spacial score (nSPS) is 10.4. The quantitative estimate of drug-likeness (QED) is 0.629. The molecule has 21 heavy (non-hydrogen) atoms. The third-order valence-electron chi connectivity index (χ3n) is 2.96. The Morgan fingerprint density at radius 3 is 2.62 bits per heavy atom. The number of aryl methyl sites for hydroxylation is 2. The van der Waals surface area contributed by atoms with Gasteiger partial charge < -0.3 is 10.6 Å². The fourth-order valence-corrected chi connectivity index (χ4v) is 2.80. The predicted octanol–water partition coefficient (Wildman–Crippen LogP) is 2.97. The molecule has 0 saturated heterocycles. The second kappa shape index (κ2) is 6.49. The lowest BCUT2D eigenvalue weighted by molar-refractivity contribution is -0.385. The van der Waals surface area contributed by atoms with Gasteiger partial charge in [0, 0.05) is 16.8 Å². The molecule has 2 rings (SSSR count). The molecule has 112 valence electrons. The van der Waals surface area contributed by atoms with E-state index in [2.05, 4.69) is 33.6 Å². The number of hydrogen-bond acceptors (Lipinski definition) is 7. The molecule has 8 heteroatoms. The first-order chi connectivity index (χ1) is 10.0. The van der Waals surface area contributed by atoms with E-state index in [1.165, 1.54) is 4.88 Å². The molecule has 0 aliphatic rings. The summed E-state index contributed by atoms with van der Waals surface area (Å²) in [5.74, 6) is 0.601. The molecule has 2 aromatic heterocycles. The van der Waals surface area contributed by atoms with Crippen LogP contribution in [0.2, 0.25) is 0 Å². The number of hydrogen-bond donors (Lipinski definition) is 2. The van der Waals surface area contributed by atoms with Crippen molar-refractivity contribution in [3.8, 4) is 0 Å². The summed E-state index contributed by atoms with van der Waals surface area (Å²) in [5.41, 5.74) is 0.253. The van der Waals surface area contributed by atoms with E-state index < -0.39 is 4.92 Å². The zero-order valence-corrected chi connectivity index (χ0v) is 13.0. The molecule has 0 unspecified atom stereocenters. The Balaban J connectivity index is 2.25. The second-order valence-electron chi connectivity index (χ2n) is 4.41.